The number of rotatable bonds is 3. The van der Waals surface area contributed by atoms with E-state index in [0.29, 0.717) is 0 Å². The largest absolute Gasteiger partial charge is 0.361 e. The van der Waals surface area contributed by atoms with Gasteiger partial charge in [0, 0.05) is 34.7 Å². The highest BCUT2D eigenvalue weighted by molar-refractivity contribution is 5.93. The smallest absolute Gasteiger partial charge is 0.184 e. The second-order valence-electron chi connectivity index (χ2n) is 8.94. The minimum atomic E-state index is -0.655. The van der Waals surface area contributed by atoms with Crippen molar-refractivity contribution >= 4 is 16.6 Å². The third kappa shape index (κ3) is 2.96. The van der Waals surface area contributed by atoms with Crippen LogP contribution >= 0.6 is 0 Å². The molecule has 1 aliphatic heterocycles. The van der Waals surface area contributed by atoms with Gasteiger partial charge in [-0.2, -0.15) is 0 Å². The van der Waals surface area contributed by atoms with Gasteiger partial charge >= 0.3 is 0 Å². The highest BCUT2D eigenvalue weighted by Crippen LogP contribution is 2.47. The quantitative estimate of drug-likeness (QED) is 0.639. The number of para-hydroxylation sites is 1. The standard InChI is InChI=1S/C24H30N4O/c1-27(2)24(18-8-4-3-5-9-18)14-12-23(13-15-24)17-28(22(29)26-23)21-16-25-20-11-7-6-10-19(20)21/h3-11,16,22,25-26,29H,12-15,17H2,1-2H3. The molecule has 152 valence electrons. The van der Waals surface area contributed by atoms with Gasteiger partial charge in [0.2, 0.25) is 0 Å². The molecule has 5 heteroatoms. The van der Waals surface area contributed by atoms with E-state index in [0.717, 1.165) is 48.8 Å². The Hall–Kier alpha value is -2.34. The number of aromatic amines is 1. The number of aliphatic hydroxyl groups excluding tert-OH is 1. The van der Waals surface area contributed by atoms with Gasteiger partial charge in [0.05, 0.1) is 5.69 Å². The zero-order chi connectivity index (χ0) is 20.1. The maximum Gasteiger partial charge on any atom is 0.184 e. The molecular weight excluding hydrogens is 360 g/mol. The van der Waals surface area contributed by atoms with E-state index in [1.54, 1.807) is 0 Å². The number of hydrogen-bond donors (Lipinski definition) is 3. The highest BCUT2D eigenvalue weighted by Gasteiger charge is 2.50. The Morgan fingerprint density at radius 3 is 2.38 bits per heavy atom. The van der Waals surface area contributed by atoms with E-state index in [2.05, 4.69) is 82.7 Å². The minimum Gasteiger partial charge on any atom is -0.361 e. The molecule has 1 atom stereocenters. The molecule has 1 saturated heterocycles. The van der Waals surface area contributed by atoms with Crippen molar-refractivity contribution in [1.82, 2.24) is 15.2 Å². The number of hydrogen-bond acceptors (Lipinski definition) is 4. The average Bonchev–Trinajstić information content (AvgIpc) is 3.30. The molecule has 1 spiro atoms. The van der Waals surface area contributed by atoms with Crippen LogP contribution in [-0.4, -0.2) is 47.5 Å². The summed E-state index contributed by atoms with van der Waals surface area (Å²) in [4.78, 5) is 7.84. The number of aromatic nitrogens is 1. The van der Waals surface area contributed by atoms with Crippen molar-refractivity contribution < 1.29 is 5.11 Å². The van der Waals surface area contributed by atoms with Crippen molar-refractivity contribution in [2.75, 3.05) is 25.5 Å². The summed E-state index contributed by atoms with van der Waals surface area (Å²) >= 11 is 0. The molecule has 2 aromatic carbocycles. The SMILES string of the molecule is CN(C)C1(c2ccccc2)CCC2(CC1)CN(c1c[nH]c3ccccc13)C(O)N2. The fraction of sp³-hybridized carbons (Fsp3) is 0.417. The summed E-state index contributed by atoms with van der Waals surface area (Å²) in [7, 11) is 4.39. The second-order valence-corrected chi connectivity index (χ2v) is 8.94. The Labute approximate surface area is 172 Å². The molecule has 1 unspecified atom stereocenters. The first kappa shape index (κ1) is 18.7. The monoisotopic (exact) mass is 390 g/mol. The average molecular weight is 391 g/mol. The Morgan fingerprint density at radius 1 is 0.966 bits per heavy atom. The molecule has 3 N–H and O–H groups in total. The van der Waals surface area contributed by atoms with Crippen molar-refractivity contribution in [2.24, 2.45) is 0 Å². The Balaban J connectivity index is 1.40. The van der Waals surface area contributed by atoms with Gasteiger partial charge in [-0.05, 0) is 51.4 Å². The molecule has 29 heavy (non-hydrogen) atoms. The molecule has 5 rings (SSSR count). The molecule has 0 bridgehead atoms. The van der Waals surface area contributed by atoms with Gasteiger partial charge in [0.15, 0.2) is 6.35 Å². The van der Waals surface area contributed by atoms with Crippen LogP contribution in [0.3, 0.4) is 0 Å². The van der Waals surface area contributed by atoms with Crippen LogP contribution in [0.5, 0.6) is 0 Å². The maximum absolute atomic E-state index is 10.9. The van der Waals surface area contributed by atoms with Crippen molar-refractivity contribution in [1.29, 1.82) is 0 Å². The summed E-state index contributed by atoms with van der Waals surface area (Å²) in [5.74, 6) is 0. The zero-order valence-corrected chi connectivity index (χ0v) is 17.2. The first-order valence-electron chi connectivity index (χ1n) is 10.5. The number of aliphatic hydroxyl groups is 1. The van der Waals surface area contributed by atoms with Crippen LogP contribution < -0.4 is 10.2 Å². The lowest BCUT2D eigenvalue weighted by Gasteiger charge is -2.49. The van der Waals surface area contributed by atoms with Gasteiger partial charge < -0.3 is 15.0 Å². The minimum absolute atomic E-state index is 0.0495. The lowest BCUT2D eigenvalue weighted by Crippen LogP contribution is -2.54. The second kappa shape index (κ2) is 6.87. The fourth-order valence-corrected chi connectivity index (χ4v) is 5.51. The topological polar surface area (TPSA) is 54.5 Å². The number of H-pyrrole nitrogens is 1. The normalized spacial score (nSPS) is 29.9. The van der Waals surface area contributed by atoms with Crippen LogP contribution in [0.15, 0.2) is 60.8 Å². The van der Waals surface area contributed by atoms with Gasteiger partial charge in [-0.15, -0.1) is 0 Å². The van der Waals surface area contributed by atoms with E-state index in [4.69, 9.17) is 0 Å². The molecule has 1 aliphatic carbocycles. The van der Waals surface area contributed by atoms with Gasteiger partial charge in [-0.3, -0.25) is 10.2 Å². The van der Waals surface area contributed by atoms with E-state index >= 15 is 0 Å². The Kier molecular flexibility index (Phi) is 4.42. The Bertz CT molecular complexity index is 988. The van der Waals surface area contributed by atoms with E-state index in [1.165, 1.54) is 5.56 Å². The van der Waals surface area contributed by atoms with Gasteiger partial charge in [-0.1, -0.05) is 48.5 Å². The molecule has 2 fully saturated rings. The molecular formula is C24H30N4O. The third-order valence-corrected chi connectivity index (χ3v) is 7.28. The van der Waals surface area contributed by atoms with Gasteiger partial charge in [0.1, 0.15) is 0 Å². The third-order valence-electron chi connectivity index (χ3n) is 7.28. The maximum atomic E-state index is 10.9. The molecule has 3 aromatic rings. The molecule has 5 nitrogen and oxygen atoms in total. The summed E-state index contributed by atoms with van der Waals surface area (Å²) in [6, 6.07) is 19.2. The van der Waals surface area contributed by atoms with Crippen molar-refractivity contribution in [3.05, 3.63) is 66.4 Å². The Morgan fingerprint density at radius 2 is 1.66 bits per heavy atom. The molecule has 1 aromatic heterocycles. The lowest BCUT2D eigenvalue weighted by molar-refractivity contribution is 0.0513. The number of fused-ring (bicyclic) bond motifs is 1. The van der Waals surface area contributed by atoms with Crippen LogP contribution in [-0.2, 0) is 5.54 Å². The predicted molar refractivity (Wildman–Crippen MR) is 118 cm³/mol. The highest BCUT2D eigenvalue weighted by atomic mass is 16.3. The number of nitrogens with one attached hydrogen (secondary N) is 2. The summed E-state index contributed by atoms with van der Waals surface area (Å²) in [6.07, 6.45) is 5.59. The van der Waals surface area contributed by atoms with Gasteiger partial charge in [-0.25, -0.2) is 0 Å². The van der Waals surface area contributed by atoms with Crippen LogP contribution in [0.25, 0.3) is 10.9 Å². The summed E-state index contributed by atoms with van der Waals surface area (Å²) in [5.41, 5.74) is 3.59. The molecule has 0 radical (unpaired) electrons. The lowest BCUT2D eigenvalue weighted by atomic mass is 9.69. The molecule has 1 saturated carbocycles. The van der Waals surface area contributed by atoms with E-state index in [9.17, 15) is 5.11 Å². The van der Waals surface area contributed by atoms with E-state index < -0.39 is 6.35 Å². The van der Waals surface area contributed by atoms with Crippen molar-refractivity contribution in [3.8, 4) is 0 Å². The number of benzene rings is 2. The van der Waals surface area contributed by atoms with Gasteiger partial charge in [0.25, 0.3) is 0 Å². The first-order chi connectivity index (χ1) is 14.0. The van der Waals surface area contributed by atoms with Crippen molar-refractivity contribution in [3.63, 3.8) is 0 Å². The van der Waals surface area contributed by atoms with Crippen LogP contribution in [0.2, 0.25) is 0 Å². The summed E-state index contributed by atoms with van der Waals surface area (Å²) in [6.45, 7) is 0.828. The predicted octanol–water partition coefficient (Wildman–Crippen LogP) is 3.62. The molecule has 2 aliphatic rings. The molecule has 0 amide bonds. The van der Waals surface area contributed by atoms with Crippen molar-refractivity contribution in [2.45, 2.75) is 43.1 Å². The molecule has 2 heterocycles. The van der Waals surface area contributed by atoms with E-state index in [1.807, 2.05) is 12.3 Å². The van der Waals surface area contributed by atoms with Crippen LogP contribution in [0, 0.1) is 0 Å². The first-order valence-corrected chi connectivity index (χ1v) is 10.5. The number of anilines is 1. The fourth-order valence-electron chi connectivity index (χ4n) is 5.51. The summed E-state index contributed by atoms with van der Waals surface area (Å²) in [5, 5.41) is 15.6. The van der Waals surface area contributed by atoms with Crippen LogP contribution in [0.4, 0.5) is 5.69 Å². The zero-order valence-electron chi connectivity index (χ0n) is 17.2. The summed E-state index contributed by atoms with van der Waals surface area (Å²) < 4.78 is 0. The number of nitrogens with zero attached hydrogens (tertiary/aromatic N) is 2. The van der Waals surface area contributed by atoms with Crippen LogP contribution in [0.1, 0.15) is 31.2 Å². The van der Waals surface area contributed by atoms with E-state index in [-0.39, 0.29) is 11.1 Å².